The average Bonchev–Trinajstić information content (AvgIpc) is 3.16. The summed E-state index contributed by atoms with van der Waals surface area (Å²) < 4.78 is 6.17. The number of hydrogen-bond acceptors (Lipinski definition) is 6. The monoisotopic (exact) mass is 423 g/mol. The Balaban J connectivity index is 1.31. The van der Waals surface area contributed by atoms with E-state index in [0.717, 1.165) is 37.3 Å². The molecular weight excluding hydrogens is 392 g/mol. The van der Waals surface area contributed by atoms with E-state index in [1.54, 1.807) is 0 Å². The summed E-state index contributed by atoms with van der Waals surface area (Å²) >= 11 is 0. The van der Waals surface area contributed by atoms with Crippen LogP contribution < -0.4 is 10.1 Å². The van der Waals surface area contributed by atoms with E-state index >= 15 is 0 Å². The zero-order valence-corrected chi connectivity index (χ0v) is 18.8. The van der Waals surface area contributed by atoms with Gasteiger partial charge in [0.15, 0.2) is 0 Å². The molecule has 155 valence electrons. The van der Waals surface area contributed by atoms with Gasteiger partial charge in [0, 0.05) is 28.3 Å². The molecule has 0 aliphatic carbocycles. The molecule has 28 heavy (non-hydrogen) atoms. The Kier molecular flexibility index (Phi) is 5.70. The highest BCUT2D eigenvalue weighted by molar-refractivity contribution is 8.76. The Labute approximate surface area is 175 Å². The van der Waals surface area contributed by atoms with Crippen LogP contribution >= 0.6 is 21.6 Å². The van der Waals surface area contributed by atoms with Crippen molar-refractivity contribution >= 4 is 21.6 Å². The lowest BCUT2D eigenvalue weighted by Gasteiger charge is -2.34. The van der Waals surface area contributed by atoms with Gasteiger partial charge in [-0.05, 0) is 82.7 Å². The number of ether oxygens (including phenoxy) is 1. The number of nitrogens with zero attached hydrogens (tertiary/aromatic N) is 1. The Morgan fingerprint density at radius 1 is 1.32 bits per heavy atom. The third-order valence-corrected chi connectivity index (χ3v) is 8.93. The summed E-state index contributed by atoms with van der Waals surface area (Å²) in [6.45, 7) is 9.29. The first-order chi connectivity index (χ1) is 13.2. The summed E-state index contributed by atoms with van der Waals surface area (Å²) in [5, 5.41) is 27.9. The van der Waals surface area contributed by atoms with Crippen molar-refractivity contribution in [1.29, 1.82) is 0 Å². The van der Waals surface area contributed by atoms with Crippen LogP contribution in [0.15, 0.2) is 17.0 Å². The van der Waals surface area contributed by atoms with Crippen LogP contribution in [0.5, 0.6) is 5.75 Å². The minimum atomic E-state index is -0.550. The number of hydrogen-bond donors (Lipinski definition) is 2. The molecule has 2 N–H and O–H groups in total. The molecule has 1 fully saturated rings. The van der Waals surface area contributed by atoms with Gasteiger partial charge >= 0.3 is 0 Å². The fraction of sp³-hybridized carbons (Fsp3) is 0.714. The molecule has 3 aliphatic heterocycles. The molecule has 0 bridgehead atoms. The van der Waals surface area contributed by atoms with Crippen LogP contribution in [0.1, 0.15) is 51.7 Å². The minimum Gasteiger partial charge on any atom is -0.487 e. The van der Waals surface area contributed by atoms with Crippen LogP contribution in [0.3, 0.4) is 0 Å². The molecule has 1 aromatic rings. The Bertz CT molecular complexity index is 741. The van der Waals surface area contributed by atoms with Gasteiger partial charge in [-0.3, -0.25) is 0 Å². The van der Waals surface area contributed by atoms with Crippen molar-refractivity contribution in [3.8, 4) is 5.75 Å². The van der Waals surface area contributed by atoms with E-state index in [1.807, 2.05) is 49.3 Å². The van der Waals surface area contributed by atoms with Gasteiger partial charge in [-0.2, -0.15) is 0 Å². The molecule has 0 amide bonds. The molecule has 3 aliphatic rings. The minimum absolute atomic E-state index is 0.177. The van der Waals surface area contributed by atoms with Gasteiger partial charge < -0.3 is 15.2 Å². The van der Waals surface area contributed by atoms with Gasteiger partial charge in [-0.25, -0.2) is 0 Å². The molecule has 1 aromatic carbocycles. The van der Waals surface area contributed by atoms with Crippen molar-refractivity contribution < 1.29 is 15.1 Å². The molecule has 4 rings (SSSR count). The largest absolute Gasteiger partial charge is 0.487 e. The van der Waals surface area contributed by atoms with E-state index in [4.69, 9.17) is 4.74 Å². The predicted molar refractivity (Wildman–Crippen MR) is 114 cm³/mol. The van der Waals surface area contributed by atoms with E-state index in [-0.39, 0.29) is 17.6 Å². The van der Waals surface area contributed by atoms with Gasteiger partial charge in [0.25, 0.3) is 0 Å². The van der Waals surface area contributed by atoms with Crippen molar-refractivity contribution in [2.45, 2.75) is 80.9 Å². The molecule has 1 saturated heterocycles. The number of aliphatic hydroxyl groups is 1. The molecular formula is C21H31N2O3S2. The van der Waals surface area contributed by atoms with Crippen molar-refractivity contribution in [3.63, 3.8) is 0 Å². The molecule has 3 atom stereocenters. The molecule has 0 aromatic heterocycles. The number of aryl methyl sites for hydroxylation is 1. The highest BCUT2D eigenvalue weighted by Gasteiger charge is 2.51. The lowest BCUT2D eigenvalue weighted by atomic mass is 9.87. The fourth-order valence-corrected chi connectivity index (χ4v) is 7.30. The molecule has 3 heterocycles. The Morgan fingerprint density at radius 2 is 2.11 bits per heavy atom. The second-order valence-electron chi connectivity index (χ2n) is 9.50. The van der Waals surface area contributed by atoms with Gasteiger partial charge in [0.1, 0.15) is 18.0 Å². The smallest absolute Gasteiger partial charge is 0.126 e. The molecule has 7 heteroatoms. The summed E-state index contributed by atoms with van der Waals surface area (Å²) in [5.41, 5.74) is 1.88. The lowest BCUT2D eigenvalue weighted by molar-refractivity contribution is -0.248. The van der Waals surface area contributed by atoms with Gasteiger partial charge in [-0.15, -0.1) is 10.3 Å². The number of fused-ring (bicyclic) bond motifs is 2. The standard InChI is InChI=1S/C21H31N2O3S2/c1-20(2)9-15(21(3,4)23(20)25)10-22-11-16(24)17-6-5-13-8-19-14(12-27-28-19)7-18(13)26-17/h7-8,15-17,22,24H,5-6,9-12H2,1-4H3. The number of rotatable bonds is 5. The van der Waals surface area contributed by atoms with Crippen LogP contribution in [-0.4, -0.2) is 46.5 Å². The first kappa shape index (κ1) is 20.8. The Hall–Kier alpha value is -0.440. The highest BCUT2D eigenvalue weighted by atomic mass is 33.1. The zero-order chi connectivity index (χ0) is 20.1. The van der Waals surface area contributed by atoms with E-state index < -0.39 is 11.6 Å². The second-order valence-corrected chi connectivity index (χ2v) is 11.8. The SMILES string of the molecule is CC1(C)CC(CNCC(O)C2CCc3cc4c(cc3O2)CSS4)C(C)(C)N1[O]. The first-order valence-electron chi connectivity index (χ1n) is 10.2. The summed E-state index contributed by atoms with van der Waals surface area (Å²) in [6, 6.07) is 4.42. The normalized spacial score (nSPS) is 29.2. The average molecular weight is 424 g/mol. The Morgan fingerprint density at radius 3 is 2.82 bits per heavy atom. The van der Waals surface area contributed by atoms with E-state index in [9.17, 15) is 10.3 Å². The third-order valence-electron chi connectivity index (χ3n) is 6.57. The van der Waals surface area contributed by atoms with Crippen molar-refractivity contribution in [3.05, 3.63) is 23.3 Å². The van der Waals surface area contributed by atoms with Crippen molar-refractivity contribution in [2.75, 3.05) is 13.1 Å². The summed E-state index contributed by atoms with van der Waals surface area (Å²) in [6.07, 6.45) is 1.92. The summed E-state index contributed by atoms with van der Waals surface area (Å²) in [7, 11) is 3.71. The molecule has 3 unspecified atom stereocenters. The molecule has 5 nitrogen and oxygen atoms in total. The topological polar surface area (TPSA) is 64.6 Å². The van der Waals surface area contributed by atoms with Crippen LogP contribution in [0.25, 0.3) is 0 Å². The van der Waals surface area contributed by atoms with E-state index in [0.29, 0.717) is 6.54 Å². The lowest BCUT2D eigenvalue weighted by Crippen LogP contribution is -2.48. The number of benzene rings is 1. The zero-order valence-electron chi connectivity index (χ0n) is 17.2. The van der Waals surface area contributed by atoms with Gasteiger partial charge in [0.2, 0.25) is 0 Å². The summed E-state index contributed by atoms with van der Waals surface area (Å²) in [5.74, 6) is 2.23. The van der Waals surface area contributed by atoms with Crippen molar-refractivity contribution in [2.24, 2.45) is 5.92 Å². The predicted octanol–water partition coefficient (Wildman–Crippen LogP) is 3.81. The highest BCUT2D eigenvalue weighted by Crippen LogP contribution is 2.47. The van der Waals surface area contributed by atoms with Crippen LogP contribution in [0.4, 0.5) is 0 Å². The van der Waals surface area contributed by atoms with Crippen LogP contribution in [-0.2, 0) is 17.4 Å². The quantitative estimate of drug-likeness (QED) is 0.702. The fourth-order valence-electron chi connectivity index (χ4n) is 4.83. The number of hydroxylamine groups is 2. The molecule has 0 spiro atoms. The third kappa shape index (κ3) is 3.82. The van der Waals surface area contributed by atoms with Crippen LogP contribution in [0, 0.1) is 5.92 Å². The van der Waals surface area contributed by atoms with Crippen LogP contribution in [0.2, 0.25) is 0 Å². The maximum atomic E-state index is 12.5. The van der Waals surface area contributed by atoms with Gasteiger partial charge in [0.05, 0.1) is 0 Å². The number of nitrogens with one attached hydrogen (secondary N) is 1. The maximum absolute atomic E-state index is 12.5. The summed E-state index contributed by atoms with van der Waals surface area (Å²) in [4.78, 5) is 1.36. The maximum Gasteiger partial charge on any atom is 0.126 e. The number of aliphatic hydroxyl groups excluding tert-OH is 1. The van der Waals surface area contributed by atoms with Crippen molar-refractivity contribution in [1.82, 2.24) is 10.4 Å². The molecule has 1 radical (unpaired) electrons. The first-order valence-corrected chi connectivity index (χ1v) is 12.5. The second kappa shape index (κ2) is 7.67. The van der Waals surface area contributed by atoms with E-state index in [1.165, 1.54) is 21.1 Å². The molecule has 0 saturated carbocycles. The van der Waals surface area contributed by atoms with Gasteiger partial charge in [-0.1, -0.05) is 21.6 Å². The van der Waals surface area contributed by atoms with E-state index in [2.05, 4.69) is 17.4 Å².